The number of imidazole rings is 1. The summed E-state index contributed by atoms with van der Waals surface area (Å²) in [4.78, 5) is 4.69. The van der Waals surface area contributed by atoms with E-state index in [0.29, 0.717) is 0 Å². The lowest BCUT2D eigenvalue weighted by Gasteiger charge is -2.04. The van der Waals surface area contributed by atoms with Gasteiger partial charge in [0.2, 0.25) is 0 Å². The van der Waals surface area contributed by atoms with Gasteiger partial charge in [0.15, 0.2) is 0 Å². The van der Waals surface area contributed by atoms with Crippen LogP contribution in [0.1, 0.15) is 0 Å². The number of hydrogen-bond acceptors (Lipinski definition) is 1. The van der Waals surface area contributed by atoms with Gasteiger partial charge >= 0.3 is 0 Å². The molecule has 112 valence electrons. The molecule has 0 fully saturated rings. The molecule has 0 bridgehead atoms. The molecule has 0 amide bonds. The van der Waals surface area contributed by atoms with Gasteiger partial charge in [-0.25, -0.2) is 4.98 Å². The summed E-state index contributed by atoms with van der Waals surface area (Å²) >= 11 is 9.71. The van der Waals surface area contributed by atoms with Gasteiger partial charge in [-0.3, -0.25) is 4.40 Å². The van der Waals surface area contributed by atoms with Gasteiger partial charge in [0.05, 0.1) is 0 Å². The van der Waals surface area contributed by atoms with Crippen molar-refractivity contribution in [3.8, 4) is 22.4 Å². The monoisotopic (exact) mass is 382 g/mol. The fourth-order valence-electron chi connectivity index (χ4n) is 2.64. The van der Waals surface area contributed by atoms with E-state index in [1.807, 2.05) is 47.0 Å². The van der Waals surface area contributed by atoms with Crippen molar-refractivity contribution in [1.82, 2.24) is 9.38 Å². The number of nitrogens with zero attached hydrogens (tertiary/aromatic N) is 2. The first-order chi connectivity index (χ1) is 11.2. The molecule has 2 nitrogen and oxygen atoms in total. The summed E-state index contributed by atoms with van der Waals surface area (Å²) in [6, 6.07) is 22.2. The molecule has 4 aromatic rings. The van der Waals surface area contributed by atoms with E-state index in [1.165, 1.54) is 0 Å². The van der Waals surface area contributed by atoms with Crippen LogP contribution >= 0.6 is 27.5 Å². The smallest absolute Gasteiger partial charge is 0.138 e. The molecule has 0 saturated carbocycles. The zero-order chi connectivity index (χ0) is 15.8. The standard InChI is InChI=1S/C19H12BrClN2/c20-19-18(22-17-6-1-2-11-23(17)19)14-9-7-13(8-10-14)15-4-3-5-16(21)12-15/h1-12H. The number of hydrogen-bond donors (Lipinski definition) is 0. The molecule has 2 aromatic carbocycles. The minimum Gasteiger partial charge on any atom is -0.294 e. The maximum Gasteiger partial charge on any atom is 0.138 e. The average molecular weight is 384 g/mol. The molecule has 4 rings (SSSR count). The van der Waals surface area contributed by atoms with Crippen LogP contribution in [-0.2, 0) is 0 Å². The Morgan fingerprint density at radius 1 is 0.826 bits per heavy atom. The second-order valence-electron chi connectivity index (χ2n) is 5.27. The molecule has 2 aromatic heterocycles. The first-order valence-corrected chi connectivity index (χ1v) is 8.38. The predicted molar refractivity (Wildman–Crippen MR) is 98.8 cm³/mol. The summed E-state index contributed by atoms with van der Waals surface area (Å²) in [5.41, 5.74) is 5.18. The normalized spacial score (nSPS) is 11.0. The summed E-state index contributed by atoms with van der Waals surface area (Å²) in [6.07, 6.45) is 2.00. The van der Waals surface area contributed by atoms with Gasteiger partial charge in [0.25, 0.3) is 0 Å². The second-order valence-corrected chi connectivity index (χ2v) is 6.46. The minimum absolute atomic E-state index is 0.745. The highest BCUT2D eigenvalue weighted by molar-refractivity contribution is 9.10. The van der Waals surface area contributed by atoms with E-state index in [-0.39, 0.29) is 0 Å². The van der Waals surface area contributed by atoms with Gasteiger partial charge in [-0.15, -0.1) is 0 Å². The number of fused-ring (bicyclic) bond motifs is 1. The Kier molecular flexibility index (Phi) is 3.68. The van der Waals surface area contributed by atoms with E-state index in [4.69, 9.17) is 16.6 Å². The van der Waals surface area contributed by atoms with Crippen molar-refractivity contribution in [1.29, 1.82) is 0 Å². The van der Waals surface area contributed by atoms with Crippen LogP contribution in [0.25, 0.3) is 28.0 Å². The molecule has 0 saturated heterocycles. The zero-order valence-electron chi connectivity index (χ0n) is 12.1. The van der Waals surface area contributed by atoms with E-state index in [1.54, 1.807) is 0 Å². The lowest BCUT2D eigenvalue weighted by molar-refractivity contribution is 1.15. The molecule has 0 atom stereocenters. The van der Waals surface area contributed by atoms with E-state index in [2.05, 4.69) is 46.3 Å². The molecule has 4 heteroatoms. The lowest BCUT2D eigenvalue weighted by atomic mass is 10.0. The highest BCUT2D eigenvalue weighted by Gasteiger charge is 2.11. The van der Waals surface area contributed by atoms with Crippen LogP contribution in [0.4, 0.5) is 0 Å². The number of halogens is 2. The molecule has 0 aliphatic rings. The summed E-state index contributed by atoms with van der Waals surface area (Å²) < 4.78 is 2.99. The Balaban J connectivity index is 1.76. The molecule has 0 N–H and O–H groups in total. The predicted octanol–water partition coefficient (Wildman–Crippen LogP) is 6.08. The third kappa shape index (κ3) is 2.67. The summed E-state index contributed by atoms with van der Waals surface area (Å²) in [5, 5.41) is 0.745. The van der Waals surface area contributed by atoms with Crippen LogP contribution < -0.4 is 0 Å². The average Bonchev–Trinajstić information content (AvgIpc) is 2.92. The van der Waals surface area contributed by atoms with Gasteiger partial charge in [-0.05, 0) is 51.3 Å². The SMILES string of the molecule is Clc1cccc(-c2ccc(-c3nc4ccccn4c3Br)cc2)c1. The van der Waals surface area contributed by atoms with Crippen molar-refractivity contribution in [3.63, 3.8) is 0 Å². The van der Waals surface area contributed by atoms with E-state index < -0.39 is 0 Å². The van der Waals surface area contributed by atoms with E-state index >= 15 is 0 Å². The summed E-state index contributed by atoms with van der Waals surface area (Å²) in [6.45, 7) is 0. The molecule has 0 aliphatic heterocycles. The van der Waals surface area contributed by atoms with E-state index in [0.717, 1.165) is 37.7 Å². The molecular formula is C19H12BrClN2. The highest BCUT2D eigenvalue weighted by atomic mass is 79.9. The first-order valence-electron chi connectivity index (χ1n) is 7.21. The first kappa shape index (κ1) is 14.5. The topological polar surface area (TPSA) is 17.3 Å². The fourth-order valence-corrected chi connectivity index (χ4v) is 3.45. The van der Waals surface area contributed by atoms with E-state index in [9.17, 15) is 0 Å². The Morgan fingerprint density at radius 3 is 2.35 bits per heavy atom. The quantitative estimate of drug-likeness (QED) is 0.410. The van der Waals surface area contributed by atoms with Gasteiger partial charge in [0, 0.05) is 16.8 Å². The molecular weight excluding hydrogens is 372 g/mol. The van der Waals surface area contributed by atoms with Crippen molar-refractivity contribution in [2.24, 2.45) is 0 Å². The van der Waals surface area contributed by atoms with Crippen molar-refractivity contribution < 1.29 is 0 Å². The van der Waals surface area contributed by atoms with Crippen molar-refractivity contribution in [3.05, 3.63) is 82.6 Å². The van der Waals surface area contributed by atoms with Gasteiger partial charge in [0.1, 0.15) is 15.9 Å². The fraction of sp³-hybridized carbons (Fsp3) is 0. The Morgan fingerprint density at radius 2 is 1.61 bits per heavy atom. The minimum atomic E-state index is 0.745. The number of rotatable bonds is 2. The Hall–Kier alpha value is -2.10. The second kappa shape index (κ2) is 5.84. The van der Waals surface area contributed by atoms with Crippen LogP contribution in [0, 0.1) is 0 Å². The molecule has 0 spiro atoms. The maximum atomic E-state index is 6.07. The number of aromatic nitrogens is 2. The third-order valence-corrected chi connectivity index (χ3v) is 4.78. The molecule has 0 unspecified atom stereocenters. The van der Waals surface area contributed by atoms with Crippen LogP contribution in [0.3, 0.4) is 0 Å². The maximum absolute atomic E-state index is 6.07. The number of benzene rings is 2. The molecule has 0 radical (unpaired) electrons. The number of pyridine rings is 1. The van der Waals surface area contributed by atoms with Gasteiger partial charge in [-0.2, -0.15) is 0 Å². The van der Waals surface area contributed by atoms with Crippen molar-refractivity contribution in [2.45, 2.75) is 0 Å². The molecule has 2 heterocycles. The van der Waals surface area contributed by atoms with Crippen LogP contribution in [0.2, 0.25) is 5.02 Å². The van der Waals surface area contributed by atoms with Crippen molar-refractivity contribution in [2.75, 3.05) is 0 Å². The summed E-state index contributed by atoms with van der Waals surface area (Å²) in [5.74, 6) is 0. The van der Waals surface area contributed by atoms with Gasteiger partial charge in [-0.1, -0.05) is 54.1 Å². The zero-order valence-corrected chi connectivity index (χ0v) is 14.4. The van der Waals surface area contributed by atoms with Crippen molar-refractivity contribution >= 4 is 33.2 Å². The van der Waals surface area contributed by atoms with Crippen LogP contribution in [0.5, 0.6) is 0 Å². The Bertz CT molecular complexity index is 990. The van der Waals surface area contributed by atoms with Crippen LogP contribution in [0.15, 0.2) is 77.5 Å². The Labute approximate surface area is 147 Å². The molecule has 0 aliphatic carbocycles. The third-order valence-electron chi connectivity index (χ3n) is 3.79. The highest BCUT2D eigenvalue weighted by Crippen LogP contribution is 2.31. The largest absolute Gasteiger partial charge is 0.294 e. The lowest BCUT2D eigenvalue weighted by Crippen LogP contribution is -1.83. The van der Waals surface area contributed by atoms with Crippen LogP contribution in [-0.4, -0.2) is 9.38 Å². The molecule has 23 heavy (non-hydrogen) atoms. The summed E-state index contributed by atoms with van der Waals surface area (Å²) in [7, 11) is 0. The van der Waals surface area contributed by atoms with Gasteiger partial charge < -0.3 is 0 Å².